The highest BCUT2D eigenvalue weighted by atomic mass is 16.5. The van der Waals surface area contributed by atoms with Gasteiger partial charge in [0.25, 0.3) is 0 Å². The lowest BCUT2D eigenvalue weighted by Gasteiger charge is -2.38. The highest BCUT2D eigenvalue weighted by Gasteiger charge is 2.53. The molecule has 1 heterocycles. The standard InChI is InChI=1S/C21H24N2O2/c1-25-19-10-6-5-9-18(19)22-13-15-23(16-14-22)20(24)21(11-12-21)17-7-3-2-4-8-17/h2-10H,11-16H2,1H3. The van der Waals surface area contributed by atoms with Crippen LogP contribution in [-0.2, 0) is 10.2 Å². The van der Waals surface area contributed by atoms with Crippen LogP contribution in [0.5, 0.6) is 5.75 Å². The summed E-state index contributed by atoms with van der Waals surface area (Å²) >= 11 is 0. The Morgan fingerprint density at radius 3 is 2.20 bits per heavy atom. The Labute approximate surface area is 149 Å². The normalized spacial score (nSPS) is 18.8. The summed E-state index contributed by atoms with van der Waals surface area (Å²) in [5, 5.41) is 0. The number of nitrogens with zero attached hydrogens (tertiary/aromatic N) is 2. The van der Waals surface area contributed by atoms with E-state index in [0.29, 0.717) is 5.91 Å². The van der Waals surface area contributed by atoms with Crippen molar-refractivity contribution >= 4 is 11.6 Å². The van der Waals surface area contributed by atoms with Crippen LogP contribution in [0.1, 0.15) is 18.4 Å². The van der Waals surface area contributed by atoms with E-state index in [-0.39, 0.29) is 5.41 Å². The lowest BCUT2D eigenvalue weighted by atomic mass is 9.94. The van der Waals surface area contributed by atoms with Gasteiger partial charge in [-0.3, -0.25) is 4.79 Å². The third-order valence-corrected chi connectivity index (χ3v) is 5.48. The van der Waals surface area contributed by atoms with Crippen LogP contribution >= 0.6 is 0 Å². The molecule has 2 aromatic carbocycles. The number of carbonyl (C=O) groups excluding carboxylic acids is 1. The summed E-state index contributed by atoms with van der Waals surface area (Å²) < 4.78 is 5.47. The quantitative estimate of drug-likeness (QED) is 0.860. The first kappa shape index (κ1) is 16.0. The molecule has 4 nitrogen and oxygen atoms in total. The van der Waals surface area contributed by atoms with E-state index in [1.807, 2.05) is 41.3 Å². The lowest BCUT2D eigenvalue weighted by molar-refractivity contribution is -0.134. The molecule has 130 valence electrons. The molecule has 1 saturated heterocycles. The van der Waals surface area contributed by atoms with E-state index in [0.717, 1.165) is 50.5 Å². The average molecular weight is 336 g/mol. The van der Waals surface area contributed by atoms with Gasteiger partial charge in [-0.15, -0.1) is 0 Å². The van der Waals surface area contributed by atoms with Gasteiger partial charge in [-0.2, -0.15) is 0 Å². The molecule has 2 aromatic rings. The molecule has 1 amide bonds. The Morgan fingerprint density at radius 2 is 1.56 bits per heavy atom. The van der Waals surface area contributed by atoms with Crippen molar-refractivity contribution in [2.45, 2.75) is 18.3 Å². The van der Waals surface area contributed by atoms with Gasteiger partial charge in [0.2, 0.25) is 5.91 Å². The Kier molecular flexibility index (Phi) is 4.12. The van der Waals surface area contributed by atoms with Gasteiger partial charge in [-0.1, -0.05) is 42.5 Å². The number of para-hydroxylation sites is 2. The van der Waals surface area contributed by atoms with Gasteiger partial charge >= 0.3 is 0 Å². The molecule has 1 saturated carbocycles. The number of piperazine rings is 1. The second-order valence-electron chi connectivity index (χ2n) is 6.90. The number of benzene rings is 2. The predicted octanol–water partition coefficient (Wildman–Crippen LogP) is 3.08. The van der Waals surface area contributed by atoms with Crippen molar-refractivity contribution in [2.24, 2.45) is 0 Å². The zero-order valence-electron chi connectivity index (χ0n) is 14.6. The molecule has 0 aromatic heterocycles. The van der Waals surface area contributed by atoms with E-state index in [4.69, 9.17) is 4.74 Å². The molecular formula is C21H24N2O2. The third-order valence-electron chi connectivity index (χ3n) is 5.48. The van der Waals surface area contributed by atoms with Crippen LogP contribution in [0.4, 0.5) is 5.69 Å². The molecular weight excluding hydrogens is 312 g/mol. The van der Waals surface area contributed by atoms with Crippen molar-refractivity contribution < 1.29 is 9.53 Å². The second kappa shape index (κ2) is 6.43. The molecule has 4 heteroatoms. The predicted molar refractivity (Wildman–Crippen MR) is 99.1 cm³/mol. The summed E-state index contributed by atoms with van der Waals surface area (Å²) in [5.74, 6) is 1.20. The third kappa shape index (κ3) is 2.86. The summed E-state index contributed by atoms with van der Waals surface area (Å²) in [4.78, 5) is 17.5. The summed E-state index contributed by atoms with van der Waals surface area (Å²) in [6.07, 6.45) is 1.95. The number of hydrogen-bond donors (Lipinski definition) is 0. The lowest BCUT2D eigenvalue weighted by Crippen LogP contribution is -2.51. The molecule has 1 aliphatic heterocycles. The SMILES string of the molecule is COc1ccccc1N1CCN(C(=O)C2(c3ccccc3)CC2)CC1. The molecule has 4 rings (SSSR count). The highest BCUT2D eigenvalue weighted by molar-refractivity contribution is 5.91. The maximum absolute atomic E-state index is 13.1. The fourth-order valence-corrected chi connectivity index (χ4v) is 3.85. The Hall–Kier alpha value is -2.49. The Morgan fingerprint density at radius 1 is 0.920 bits per heavy atom. The molecule has 0 N–H and O–H groups in total. The van der Waals surface area contributed by atoms with Crippen LogP contribution in [0.2, 0.25) is 0 Å². The fraction of sp³-hybridized carbons (Fsp3) is 0.381. The molecule has 2 aliphatic rings. The molecule has 0 atom stereocenters. The van der Waals surface area contributed by atoms with Crippen molar-refractivity contribution in [1.82, 2.24) is 4.90 Å². The van der Waals surface area contributed by atoms with Crippen LogP contribution in [0.15, 0.2) is 54.6 Å². The Balaban J connectivity index is 1.45. The van der Waals surface area contributed by atoms with Gasteiger partial charge in [0.1, 0.15) is 5.75 Å². The van der Waals surface area contributed by atoms with E-state index >= 15 is 0 Å². The van der Waals surface area contributed by atoms with E-state index in [9.17, 15) is 4.79 Å². The van der Waals surface area contributed by atoms with Crippen molar-refractivity contribution in [3.8, 4) is 5.75 Å². The molecule has 2 fully saturated rings. The number of anilines is 1. The number of methoxy groups -OCH3 is 1. The first-order valence-corrected chi connectivity index (χ1v) is 8.97. The van der Waals surface area contributed by atoms with Crippen molar-refractivity contribution in [2.75, 3.05) is 38.2 Å². The molecule has 1 aliphatic carbocycles. The smallest absolute Gasteiger partial charge is 0.233 e. The van der Waals surface area contributed by atoms with E-state index in [1.165, 1.54) is 5.56 Å². The van der Waals surface area contributed by atoms with E-state index in [2.05, 4.69) is 23.1 Å². The highest BCUT2D eigenvalue weighted by Crippen LogP contribution is 2.49. The van der Waals surface area contributed by atoms with Crippen LogP contribution in [-0.4, -0.2) is 44.1 Å². The van der Waals surface area contributed by atoms with Gasteiger partial charge in [-0.25, -0.2) is 0 Å². The van der Waals surface area contributed by atoms with Gasteiger partial charge in [0, 0.05) is 26.2 Å². The first-order chi connectivity index (χ1) is 12.2. The van der Waals surface area contributed by atoms with Crippen LogP contribution < -0.4 is 9.64 Å². The number of carbonyl (C=O) groups is 1. The summed E-state index contributed by atoms with van der Waals surface area (Å²) in [6, 6.07) is 18.3. The molecule has 0 spiro atoms. The first-order valence-electron chi connectivity index (χ1n) is 8.97. The Bertz CT molecular complexity index is 748. The minimum atomic E-state index is -0.256. The zero-order valence-corrected chi connectivity index (χ0v) is 14.6. The maximum atomic E-state index is 13.1. The number of rotatable bonds is 4. The topological polar surface area (TPSA) is 32.8 Å². The van der Waals surface area contributed by atoms with Gasteiger partial charge < -0.3 is 14.5 Å². The summed E-state index contributed by atoms with van der Waals surface area (Å²) in [5.41, 5.74) is 2.03. The van der Waals surface area contributed by atoms with Crippen LogP contribution in [0.3, 0.4) is 0 Å². The average Bonchev–Trinajstić information content (AvgIpc) is 3.50. The monoisotopic (exact) mass is 336 g/mol. The fourth-order valence-electron chi connectivity index (χ4n) is 3.85. The van der Waals surface area contributed by atoms with Gasteiger partial charge in [0.15, 0.2) is 0 Å². The van der Waals surface area contributed by atoms with Crippen molar-refractivity contribution in [3.05, 3.63) is 60.2 Å². The van der Waals surface area contributed by atoms with Crippen molar-refractivity contribution in [3.63, 3.8) is 0 Å². The van der Waals surface area contributed by atoms with Crippen molar-refractivity contribution in [1.29, 1.82) is 0 Å². The largest absolute Gasteiger partial charge is 0.495 e. The minimum Gasteiger partial charge on any atom is -0.495 e. The van der Waals surface area contributed by atoms with E-state index in [1.54, 1.807) is 7.11 Å². The maximum Gasteiger partial charge on any atom is 0.233 e. The molecule has 0 bridgehead atoms. The van der Waals surface area contributed by atoms with E-state index < -0.39 is 0 Å². The summed E-state index contributed by atoms with van der Waals surface area (Å²) in [6.45, 7) is 3.23. The van der Waals surface area contributed by atoms with Gasteiger partial charge in [-0.05, 0) is 30.5 Å². The van der Waals surface area contributed by atoms with Gasteiger partial charge in [0.05, 0.1) is 18.2 Å². The molecule has 0 radical (unpaired) electrons. The number of hydrogen-bond acceptors (Lipinski definition) is 3. The minimum absolute atomic E-state index is 0.256. The van der Waals surface area contributed by atoms with Crippen LogP contribution in [0, 0.1) is 0 Å². The zero-order chi connectivity index (χ0) is 17.3. The number of amides is 1. The summed E-state index contributed by atoms with van der Waals surface area (Å²) in [7, 11) is 1.70. The van der Waals surface area contributed by atoms with Crippen LogP contribution in [0.25, 0.3) is 0 Å². The number of ether oxygens (including phenoxy) is 1. The second-order valence-corrected chi connectivity index (χ2v) is 6.90. The molecule has 25 heavy (non-hydrogen) atoms. The molecule has 0 unspecified atom stereocenters.